The Hall–Kier alpha value is -1.69. The minimum Gasteiger partial charge on any atom is -0.481 e. The lowest BCUT2D eigenvalue weighted by molar-refractivity contribution is 0.382. The number of benzene rings is 1. The number of hydrogen-bond donors (Lipinski definition) is 2. The van der Waals surface area contributed by atoms with Gasteiger partial charge in [-0.3, -0.25) is 11.3 Å². The second-order valence-corrected chi connectivity index (χ2v) is 4.68. The van der Waals surface area contributed by atoms with Crippen molar-refractivity contribution >= 4 is 11.6 Å². The van der Waals surface area contributed by atoms with Crippen LogP contribution < -0.4 is 16.0 Å². The van der Waals surface area contributed by atoms with Crippen LogP contribution in [-0.2, 0) is 6.42 Å². The summed E-state index contributed by atoms with van der Waals surface area (Å²) < 4.78 is 18.4. The number of aromatic nitrogens is 1. The number of methoxy groups -OCH3 is 1. The van der Waals surface area contributed by atoms with Crippen LogP contribution in [0, 0.1) is 5.82 Å². The summed E-state index contributed by atoms with van der Waals surface area (Å²) in [5.41, 5.74) is 4.42. The highest BCUT2D eigenvalue weighted by atomic mass is 35.5. The molecule has 0 bridgehead atoms. The maximum absolute atomic E-state index is 13.2. The molecule has 2 aromatic rings. The molecule has 0 saturated heterocycles. The Kier molecular flexibility index (Phi) is 4.89. The molecule has 20 heavy (non-hydrogen) atoms. The number of nitrogens with one attached hydrogen (secondary N) is 1. The molecule has 0 radical (unpaired) electrons. The Bertz CT molecular complexity index is 594. The first-order valence-corrected chi connectivity index (χ1v) is 6.42. The van der Waals surface area contributed by atoms with Crippen molar-refractivity contribution in [1.82, 2.24) is 10.4 Å². The Morgan fingerprint density at radius 1 is 1.45 bits per heavy atom. The molecule has 0 fully saturated rings. The van der Waals surface area contributed by atoms with Gasteiger partial charge in [-0.2, -0.15) is 0 Å². The average Bonchev–Trinajstić information content (AvgIpc) is 2.48. The smallest absolute Gasteiger partial charge is 0.217 e. The van der Waals surface area contributed by atoms with E-state index in [9.17, 15) is 4.39 Å². The number of ether oxygens (including phenoxy) is 1. The van der Waals surface area contributed by atoms with Gasteiger partial charge in [0.2, 0.25) is 5.88 Å². The highest BCUT2D eigenvalue weighted by molar-refractivity contribution is 6.30. The predicted molar refractivity (Wildman–Crippen MR) is 76.0 cm³/mol. The lowest BCUT2D eigenvalue weighted by Crippen LogP contribution is -2.30. The molecule has 106 valence electrons. The number of nitrogens with zero attached hydrogens (tertiary/aromatic N) is 1. The molecule has 3 N–H and O–H groups in total. The first kappa shape index (κ1) is 14.7. The van der Waals surface area contributed by atoms with Gasteiger partial charge in [-0.1, -0.05) is 23.7 Å². The Balaban J connectivity index is 2.26. The summed E-state index contributed by atoms with van der Waals surface area (Å²) in [6.45, 7) is 0. The number of halogens is 2. The molecule has 2 rings (SSSR count). The summed E-state index contributed by atoms with van der Waals surface area (Å²) in [4.78, 5) is 4.14. The Morgan fingerprint density at radius 2 is 2.25 bits per heavy atom. The van der Waals surface area contributed by atoms with Gasteiger partial charge in [-0.05, 0) is 30.2 Å². The van der Waals surface area contributed by atoms with Crippen molar-refractivity contribution in [2.75, 3.05) is 7.11 Å². The van der Waals surface area contributed by atoms with Gasteiger partial charge in [0.15, 0.2) is 0 Å². The van der Waals surface area contributed by atoms with Gasteiger partial charge in [0, 0.05) is 11.8 Å². The molecule has 0 saturated carbocycles. The van der Waals surface area contributed by atoms with E-state index < -0.39 is 5.82 Å². The molecular weight excluding hydrogens is 281 g/mol. The molecule has 4 nitrogen and oxygen atoms in total. The third-order valence-electron chi connectivity index (χ3n) is 2.99. The molecule has 1 unspecified atom stereocenters. The fourth-order valence-corrected chi connectivity index (χ4v) is 2.20. The van der Waals surface area contributed by atoms with Gasteiger partial charge in [0.05, 0.1) is 18.2 Å². The predicted octanol–water partition coefficient (Wildman–Crippen LogP) is 2.63. The van der Waals surface area contributed by atoms with Gasteiger partial charge in [0.1, 0.15) is 5.82 Å². The van der Waals surface area contributed by atoms with Crippen LogP contribution in [0.3, 0.4) is 0 Å². The maximum Gasteiger partial charge on any atom is 0.217 e. The monoisotopic (exact) mass is 295 g/mol. The fourth-order valence-electron chi connectivity index (χ4n) is 2.00. The SMILES string of the molecule is COc1ncccc1C(Cc1ccc(F)c(Cl)c1)NN. The highest BCUT2D eigenvalue weighted by Gasteiger charge is 2.16. The van der Waals surface area contributed by atoms with Crippen LogP contribution in [0.25, 0.3) is 0 Å². The molecule has 0 aliphatic rings. The van der Waals surface area contributed by atoms with Crippen molar-refractivity contribution in [3.63, 3.8) is 0 Å². The first-order chi connectivity index (χ1) is 9.65. The van der Waals surface area contributed by atoms with Gasteiger partial charge >= 0.3 is 0 Å². The standard InChI is InChI=1S/C14H15ClFN3O/c1-20-14-10(3-2-6-18-14)13(19-17)8-9-4-5-12(16)11(15)7-9/h2-7,13,19H,8,17H2,1H3. The average molecular weight is 296 g/mol. The number of nitrogens with two attached hydrogens (primary N) is 1. The van der Waals surface area contributed by atoms with Gasteiger partial charge in [-0.25, -0.2) is 9.37 Å². The van der Waals surface area contributed by atoms with Crippen molar-refractivity contribution in [2.24, 2.45) is 5.84 Å². The van der Waals surface area contributed by atoms with E-state index in [-0.39, 0.29) is 11.1 Å². The quantitative estimate of drug-likeness (QED) is 0.657. The molecule has 1 aromatic heterocycles. The zero-order chi connectivity index (χ0) is 14.5. The van der Waals surface area contributed by atoms with E-state index in [4.69, 9.17) is 22.2 Å². The molecule has 0 aliphatic heterocycles. The summed E-state index contributed by atoms with van der Waals surface area (Å²) >= 11 is 5.78. The van der Waals surface area contributed by atoms with Crippen molar-refractivity contribution in [1.29, 1.82) is 0 Å². The summed E-state index contributed by atoms with van der Waals surface area (Å²) in [6, 6.07) is 8.08. The van der Waals surface area contributed by atoms with Crippen molar-refractivity contribution in [3.05, 3.63) is 58.5 Å². The largest absolute Gasteiger partial charge is 0.481 e. The summed E-state index contributed by atoms with van der Waals surface area (Å²) in [5, 5.41) is 0.0939. The molecule has 0 spiro atoms. The van der Waals surface area contributed by atoms with Crippen LogP contribution in [0.5, 0.6) is 5.88 Å². The van der Waals surface area contributed by atoms with Crippen molar-refractivity contribution < 1.29 is 9.13 Å². The van der Waals surface area contributed by atoms with Gasteiger partial charge in [-0.15, -0.1) is 0 Å². The zero-order valence-electron chi connectivity index (χ0n) is 10.9. The number of hydrogen-bond acceptors (Lipinski definition) is 4. The van der Waals surface area contributed by atoms with E-state index >= 15 is 0 Å². The van der Waals surface area contributed by atoms with Gasteiger partial charge < -0.3 is 4.74 Å². The summed E-state index contributed by atoms with van der Waals surface area (Å²) in [6.07, 6.45) is 2.18. The zero-order valence-corrected chi connectivity index (χ0v) is 11.7. The first-order valence-electron chi connectivity index (χ1n) is 6.04. The second kappa shape index (κ2) is 6.65. The third-order valence-corrected chi connectivity index (χ3v) is 3.28. The van der Waals surface area contributed by atoms with Crippen LogP contribution in [0.1, 0.15) is 17.2 Å². The molecule has 6 heteroatoms. The minimum absolute atomic E-state index is 0.0939. The number of pyridine rings is 1. The topological polar surface area (TPSA) is 60.2 Å². The maximum atomic E-state index is 13.2. The lowest BCUT2D eigenvalue weighted by Gasteiger charge is -2.18. The molecule has 1 atom stereocenters. The molecule has 1 aromatic carbocycles. The summed E-state index contributed by atoms with van der Waals surface area (Å²) in [7, 11) is 1.55. The van der Waals surface area contributed by atoms with E-state index in [1.165, 1.54) is 6.07 Å². The lowest BCUT2D eigenvalue weighted by atomic mass is 10.0. The second-order valence-electron chi connectivity index (χ2n) is 4.27. The third kappa shape index (κ3) is 3.25. The van der Waals surface area contributed by atoms with Gasteiger partial charge in [0.25, 0.3) is 0 Å². The molecule has 0 aliphatic carbocycles. The Labute approximate surface area is 121 Å². The molecule has 1 heterocycles. The fraction of sp³-hybridized carbons (Fsp3) is 0.214. The van der Waals surface area contributed by atoms with E-state index in [2.05, 4.69) is 10.4 Å². The number of hydrazine groups is 1. The highest BCUT2D eigenvalue weighted by Crippen LogP contribution is 2.26. The van der Waals surface area contributed by atoms with Crippen LogP contribution >= 0.6 is 11.6 Å². The van der Waals surface area contributed by atoms with Crippen LogP contribution in [0.2, 0.25) is 5.02 Å². The van der Waals surface area contributed by atoms with E-state index in [0.29, 0.717) is 12.3 Å². The van der Waals surface area contributed by atoms with E-state index in [1.54, 1.807) is 31.5 Å². The normalized spacial score (nSPS) is 12.2. The summed E-state index contributed by atoms with van der Waals surface area (Å²) in [5.74, 6) is 5.67. The van der Waals surface area contributed by atoms with Crippen LogP contribution in [0.4, 0.5) is 4.39 Å². The Morgan fingerprint density at radius 3 is 2.90 bits per heavy atom. The van der Waals surface area contributed by atoms with Crippen molar-refractivity contribution in [3.8, 4) is 5.88 Å². The minimum atomic E-state index is -0.438. The van der Waals surface area contributed by atoms with E-state index in [1.807, 2.05) is 6.07 Å². The van der Waals surface area contributed by atoms with Crippen LogP contribution in [-0.4, -0.2) is 12.1 Å². The van der Waals surface area contributed by atoms with E-state index in [0.717, 1.165) is 11.1 Å². The molecular formula is C14H15ClFN3O. The van der Waals surface area contributed by atoms with Crippen molar-refractivity contribution in [2.45, 2.75) is 12.5 Å². The number of rotatable bonds is 5. The van der Waals surface area contributed by atoms with Crippen LogP contribution in [0.15, 0.2) is 36.5 Å². The molecule has 0 amide bonds.